The molecule has 2 N–H and O–H groups in total. The first kappa shape index (κ1) is 17.9. The van der Waals surface area contributed by atoms with Crippen LogP contribution in [0.4, 0.5) is 13.2 Å². The Morgan fingerprint density at radius 3 is 1.22 bits per heavy atom. The molecule has 0 aliphatic carbocycles. The van der Waals surface area contributed by atoms with E-state index in [0.717, 1.165) is 16.4 Å². The molecule has 0 saturated carbocycles. The van der Waals surface area contributed by atoms with Crippen LogP contribution in [-0.4, -0.2) is 21.1 Å². The van der Waals surface area contributed by atoms with Crippen LogP contribution < -0.4 is 26.7 Å². The molecule has 0 spiro atoms. The van der Waals surface area contributed by atoms with Gasteiger partial charge in [0.05, 0.1) is 0 Å². The van der Waals surface area contributed by atoms with E-state index in [9.17, 15) is 13.2 Å². The van der Waals surface area contributed by atoms with Crippen molar-refractivity contribution in [3.8, 4) is 0 Å². The Morgan fingerprint density at radius 1 is 0.519 bits per heavy atom. The fourth-order valence-corrected chi connectivity index (χ4v) is 3.04. The third kappa shape index (κ3) is 4.11. The summed E-state index contributed by atoms with van der Waals surface area (Å²) in [5.41, 5.74) is 2.31. The average molecular weight is 364 g/mol. The Kier molecular flexibility index (Phi) is 5.07. The van der Waals surface area contributed by atoms with E-state index in [0.29, 0.717) is 0 Å². The van der Waals surface area contributed by atoms with E-state index < -0.39 is 14.1 Å². The van der Waals surface area contributed by atoms with Crippen molar-refractivity contribution in [1.29, 1.82) is 0 Å². The molecule has 0 atom stereocenters. The number of hydrogen-bond acceptors (Lipinski definition) is 3. The minimum atomic E-state index is -0.531. The number of halogens is 3. The van der Waals surface area contributed by atoms with Crippen molar-refractivity contribution in [3.63, 3.8) is 0 Å². The van der Waals surface area contributed by atoms with Crippen LogP contribution in [0.1, 0.15) is 0 Å². The Labute approximate surface area is 156 Å². The number of rotatable bonds is 3. The summed E-state index contributed by atoms with van der Waals surface area (Å²) >= 11 is 0. The molecule has 132 valence electrons. The average Bonchev–Trinajstić information content (AvgIpc) is 2.69. The second-order valence-electron chi connectivity index (χ2n) is 6.32. The van der Waals surface area contributed by atoms with Crippen LogP contribution in [0.3, 0.4) is 0 Å². The summed E-state index contributed by atoms with van der Waals surface area (Å²) in [5.74, 6) is -0.994. The number of nitrogens with one attached hydrogen (secondary N) is 2. The molecule has 3 aromatic rings. The number of benzene rings is 3. The number of hydrogen-bond donors (Lipinski definition) is 2. The summed E-state index contributed by atoms with van der Waals surface area (Å²) in [6, 6.07) is 18.1. The van der Waals surface area contributed by atoms with Gasteiger partial charge in [-0.2, -0.15) is 0 Å². The first-order valence-electron chi connectivity index (χ1n) is 8.52. The molecular formula is C18H14B3F3N2O. The smallest absolute Gasteiger partial charge is 0.391 e. The van der Waals surface area contributed by atoms with Gasteiger partial charge in [0.15, 0.2) is 0 Å². The molecule has 0 radical (unpaired) electrons. The van der Waals surface area contributed by atoms with Crippen LogP contribution >= 0.6 is 0 Å². The molecule has 0 amide bonds. The molecule has 3 nitrogen and oxygen atoms in total. The van der Waals surface area contributed by atoms with E-state index in [1.165, 1.54) is 36.4 Å². The Hall–Kier alpha value is -2.48. The molecule has 0 bridgehead atoms. The van der Waals surface area contributed by atoms with Crippen LogP contribution in [0.15, 0.2) is 72.8 Å². The van der Waals surface area contributed by atoms with Crippen LogP contribution in [0.25, 0.3) is 0 Å². The van der Waals surface area contributed by atoms with Crippen molar-refractivity contribution in [2.45, 2.75) is 0 Å². The molecule has 0 aromatic heterocycles. The van der Waals surface area contributed by atoms with Gasteiger partial charge in [0.2, 0.25) is 0 Å². The van der Waals surface area contributed by atoms with Gasteiger partial charge in [0.25, 0.3) is 0 Å². The van der Waals surface area contributed by atoms with Gasteiger partial charge in [-0.05, 0) is 52.8 Å². The van der Waals surface area contributed by atoms with Crippen LogP contribution in [0.5, 0.6) is 0 Å². The summed E-state index contributed by atoms with van der Waals surface area (Å²) in [5, 5.41) is 6.57. The first-order chi connectivity index (χ1) is 13.1. The molecule has 1 saturated heterocycles. The highest BCUT2D eigenvalue weighted by Gasteiger charge is 2.39. The monoisotopic (exact) mass is 364 g/mol. The SMILES string of the molecule is Fc1ccc(B2NB(c3ccc(F)cc3)OB(c3ccc(F)cc3)N2)cc1. The summed E-state index contributed by atoms with van der Waals surface area (Å²) in [6.45, 7) is -0.343. The maximum atomic E-state index is 13.3. The molecule has 4 rings (SSSR count). The summed E-state index contributed by atoms with van der Waals surface area (Å²) in [6.07, 6.45) is 0. The normalized spacial score (nSPS) is 14.6. The Balaban J connectivity index is 1.66. The van der Waals surface area contributed by atoms with E-state index in [-0.39, 0.29) is 24.4 Å². The second-order valence-corrected chi connectivity index (χ2v) is 6.32. The maximum absolute atomic E-state index is 13.3. The van der Waals surface area contributed by atoms with Crippen molar-refractivity contribution < 1.29 is 17.7 Å². The van der Waals surface area contributed by atoms with E-state index in [2.05, 4.69) is 10.3 Å². The van der Waals surface area contributed by atoms with Gasteiger partial charge in [-0.1, -0.05) is 36.4 Å². The first-order valence-corrected chi connectivity index (χ1v) is 8.52. The molecule has 9 heteroatoms. The van der Waals surface area contributed by atoms with Gasteiger partial charge in [0.1, 0.15) is 17.5 Å². The predicted molar refractivity (Wildman–Crippen MR) is 103 cm³/mol. The lowest BCUT2D eigenvalue weighted by atomic mass is 9.49. The van der Waals surface area contributed by atoms with Crippen molar-refractivity contribution in [2.75, 3.05) is 0 Å². The minimum Gasteiger partial charge on any atom is -0.466 e. The largest absolute Gasteiger partial charge is 0.466 e. The zero-order valence-electron chi connectivity index (χ0n) is 14.2. The van der Waals surface area contributed by atoms with Gasteiger partial charge in [-0.3, -0.25) is 0 Å². The highest BCUT2D eigenvalue weighted by atomic mass is 19.1. The molecule has 1 aliphatic heterocycles. The van der Waals surface area contributed by atoms with E-state index in [1.807, 2.05) is 0 Å². The second kappa shape index (κ2) is 7.64. The van der Waals surface area contributed by atoms with E-state index >= 15 is 0 Å². The molecule has 0 unspecified atom stereocenters. The lowest BCUT2D eigenvalue weighted by molar-refractivity contribution is 0.582. The van der Waals surface area contributed by atoms with Gasteiger partial charge < -0.3 is 14.8 Å². The van der Waals surface area contributed by atoms with Gasteiger partial charge >= 0.3 is 21.1 Å². The van der Waals surface area contributed by atoms with Crippen molar-refractivity contribution in [1.82, 2.24) is 10.3 Å². The minimum absolute atomic E-state index is 0.323. The zero-order valence-corrected chi connectivity index (χ0v) is 14.2. The van der Waals surface area contributed by atoms with Gasteiger partial charge in [-0.15, -0.1) is 0 Å². The highest BCUT2D eigenvalue weighted by molar-refractivity contribution is 6.95. The topological polar surface area (TPSA) is 33.3 Å². The van der Waals surface area contributed by atoms with Crippen LogP contribution in [0.2, 0.25) is 0 Å². The van der Waals surface area contributed by atoms with Crippen molar-refractivity contribution in [2.24, 2.45) is 0 Å². The summed E-state index contributed by atoms with van der Waals surface area (Å²) in [7, 11) is -1.06. The highest BCUT2D eigenvalue weighted by Crippen LogP contribution is 2.03. The fraction of sp³-hybridized carbons (Fsp3) is 0. The molecular weight excluding hydrogens is 350 g/mol. The lowest BCUT2D eigenvalue weighted by Gasteiger charge is -2.33. The molecule has 1 fully saturated rings. The molecule has 27 heavy (non-hydrogen) atoms. The summed E-state index contributed by atoms with van der Waals surface area (Å²) < 4.78 is 45.9. The van der Waals surface area contributed by atoms with Crippen molar-refractivity contribution >= 4 is 37.5 Å². The predicted octanol–water partition coefficient (Wildman–Crippen LogP) is 0.799. The van der Waals surface area contributed by atoms with E-state index in [4.69, 9.17) is 4.57 Å². The standard InChI is InChI=1S/C18H14B3F3N2O/c22-16-7-1-13(2-8-16)19-25-20(14-3-9-17(23)10-4-14)27-21(26-19)15-5-11-18(24)12-6-15/h1-12,25-26H. The molecule has 1 heterocycles. The molecule has 3 aromatic carbocycles. The summed E-state index contributed by atoms with van der Waals surface area (Å²) in [4.78, 5) is 0. The van der Waals surface area contributed by atoms with Crippen LogP contribution in [-0.2, 0) is 4.57 Å². The van der Waals surface area contributed by atoms with E-state index in [1.54, 1.807) is 36.4 Å². The fourth-order valence-electron chi connectivity index (χ4n) is 3.04. The van der Waals surface area contributed by atoms with Crippen molar-refractivity contribution in [3.05, 3.63) is 90.2 Å². The quantitative estimate of drug-likeness (QED) is 0.675. The Morgan fingerprint density at radius 2 is 0.852 bits per heavy atom. The Bertz CT molecular complexity index is 782. The lowest BCUT2D eigenvalue weighted by Crippen LogP contribution is -2.76. The third-order valence-corrected chi connectivity index (χ3v) is 4.46. The van der Waals surface area contributed by atoms with Crippen LogP contribution in [0, 0.1) is 17.5 Å². The third-order valence-electron chi connectivity index (χ3n) is 4.46. The van der Waals surface area contributed by atoms with Gasteiger partial charge in [0, 0.05) is 0 Å². The van der Waals surface area contributed by atoms with Gasteiger partial charge in [-0.25, -0.2) is 13.2 Å². The zero-order chi connectivity index (χ0) is 18.8. The molecule has 1 aliphatic rings. The maximum Gasteiger partial charge on any atom is 0.391 e.